The van der Waals surface area contributed by atoms with E-state index in [0.717, 1.165) is 46.5 Å². The van der Waals surface area contributed by atoms with E-state index in [1.54, 1.807) is 18.6 Å². The van der Waals surface area contributed by atoms with Crippen molar-refractivity contribution in [2.45, 2.75) is 18.9 Å². The second-order valence-corrected chi connectivity index (χ2v) is 6.81. The molecule has 0 spiro atoms. The summed E-state index contributed by atoms with van der Waals surface area (Å²) in [5.74, 6) is 0.112. The third-order valence-electron chi connectivity index (χ3n) is 5.19. The number of nitrogens with one attached hydrogen (secondary N) is 1. The molecule has 5 rings (SSSR count). The van der Waals surface area contributed by atoms with Crippen molar-refractivity contribution in [3.63, 3.8) is 0 Å². The van der Waals surface area contributed by atoms with Crippen molar-refractivity contribution in [2.24, 2.45) is 10.7 Å². The molecular formula is C21H18FN5. The van der Waals surface area contributed by atoms with Gasteiger partial charge in [-0.15, -0.1) is 0 Å². The Balaban J connectivity index is 1.57. The van der Waals surface area contributed by atoms with Gasteiger partial charge in [-0.3, -0.25) is 0 Å². The second kappa shape index (κ2) is 6.09. The fourth-order valence-corrected chi connectivity index (χ4v) is 3.88. The third kappa shape index (κ3) is 2.70. The molecule has 1 aliphatic heterocycles. The molecule has 1 aliphatic carbocycles. The van der Waals surface area contributed by atoms with Crippen LogP contribution in [0.4, 0.5) is 4.39 Å². The Morgan fingerprint density at radius 3 is 2.74 bits per heavy atom. The Labute approximate surface area is 156 Å². The van der Waals surface area contributed by atoms with Gasteiger partial charge in [-0.05, 0) is 53.8 Å². The molecule has 1 unspecified atom stereocenters. The zero-order chi connectivity index (χ0) is 18.4. The Morgan fingerprint density at radius 2 is 1.96 bits per heavy atom. The Kier molecular flexibility index (Phi) is 3.57. The van der Waals surface area contributed by atoms with E-state index in [1.807, 2.05) is 29.0 Å². The lowest BCUT2D eigenvalue weighted by Crippen LogP contribution is -2.37. The third-order valence-corrected chi connectivity index (χ3v) is 5.19. The average Bonchev–Trinajstić information content (AvgIpc) is 3.22. The fourth-order valence-electron chi connectivity index (χ4n) is 3.88. The van der Waals surface area contributed by atoms with Crippen molar-refractivity contribution in [1.82, 2.24) is 14.9 Å². The summed E-state index contributed by atoms with van der Waals surface area (Å²) in [4.78, 5) is 8.72. The molecule has 0 saturated heterocycles. The molecule has 27 heavy (non-hydrogen) atoms. The zero-order valence-corrected chi connectivity index (χ0v) is 14.6. The van der Waals surface area contributed by atoms with Gasteiger partial charge in [-0.25, -0.2) is 14.4 Å². The molecule has 3 aromatic rings. The van der Waals surface area contributed by atoms with Gasteiger partial charge in [0.25, 0.3) is 0 Å². The Bertz CT molecular complexity index is 1060. The van der Waals surface area contributed by atoms with Crippen molar-refractivity contribution in [2.75, 3.05) is 0 Å². The topological polar surface area (TPSA) is 68.2 Å². The summed E-state index contributed by atoms with van der Waals surface area (Å²) in [6.07, 6.45) is 7.16. The molecule has 2 heterocycles. The summed E-state index contributed by atoms with van der Waals surface area (Å²) >= 11 is 0. The maximum absolute atomic E-state index is 13.8. The number of hydrogen-bond donors (Lipinski definition) is 2. The quantitative estimate of drug-likeness (QED) is 0.737. The second-order valence-electron chi connectivity index (χ2n) is 6.81. The van der Waals surface area contributed by atoms with Gasteiger partial charge < -0.3 is 15.6 Å². The number of imidazole rings is 1. The maximum Gasteiger partial charge on any atom is 0.194 e. The van der Waals surface area contributed by atoms with Crippen molar-refractivity contribution in [3.05, 3.63) is 89.3 Å². The number of aromatic nitrogens is 2. The van der Waals surface area contributed by atoms with Gasteiger partial charge in [-0.1, -0.05) is 18.2 Å². The van der Waals surface area contributed by atoms with E-state index in [1.165, 1.54) is 6.07 Å². The first kappa shape index (κ1) is 15.8. The van der Waals surface area contributed by atoms with Crippen molar-refractivity contribution < 1.29 is 4.39 Å². The highest BCUT2D eigenvalue weighted by Gasteiger charge is 2.29. The number of nitrogens with two attached hydrogens (primary N) is 1. The lowest BCUT2D eigenvalue weighted by atomic mass is 9.83. The van der Waals surface area contributed by atoms with Crippen LogP contribution in [-0.4, -0.2) is 15.5 Å². The lowest BCUT2D eigenvalue weighted by Gasteiger charge is -2.31. The molecule has 6 heteroatoms. The van der Waals surface area contributed by atoms with Crippen LogP contribution in [0.3, 0.4) is 0 Å². The molecule has 5 nitrogen and oxygen atoms in total. The number of rotatable bonds is 2. The summed E-state index contributed by atoms with van der Waals surface area (Å²) < 4.78 is 15.8. The zero-order valence-electron chi connectivity index (χ0n) is 14.6. The van der Waals surface area contributed by atoms with Crippen LogP contribution in [0.2, 0.25) is 0 Å². The van der Waals surface area contributed by atoms with E-state index in [-0.39, 0.29) is 11.9 Å². The molecule has 0 radical (unpaired) electrons. The molecule has 0 bridgehead atoms. The summed E-state index contributed by atoms with van der Waals surface area (Å²) in [7, 11) is 0. The van der Waals surface area contributed by atoms with Crippen molar-refractivity contribution >= 4 is 11.7 Å². The van der Waals surface area contributed by atoms with Gasteiger partial charge >= 0.3 is 0 Å². The van der Waals surface area contributed by atoms with Crippen molar-refractivity contribution in [1.29, 1.82) is 0 Å². The molecule has 1 aromatic heterocycles. The minimum atomic E-state index is -0.244. The Hall–Kier alpha value is -3.41. The number of benzene rings is 2. The first-order valence-electron chi connectivity index (χ1n) is 8.89. The predicted octanol–water partition coefficient (Wildman–Crippen LogP) is 3.33. The van der Waals surface area contributed by atoms with E-state index in [4.69, 9.17) is 5.73 Å². The van der Waals surface area contributed by atoms with Crippen LogP contribution in [-0.2, 0) is 6.42 Å². The van der Waals surface area contributed by atoms with E-state index in [9.17, 15) is 4.39 Å². The SMILES string of the molecule is NC1=NC(c2ccc(-n3ccnc3)cc2)C2=C(N1)c1cc(F)ccc1CC2. The number of halogens is 1. The Morgan fingerprint density at radius 1 is 1.11 bits per heavy atom. The summed E-state index contributed by atoms with van der Waals surface area (Å²) in [6.45, 7) is 0. The van der Waals surface area contributed by atoms with E-state index < -0.39 is 0 Å². The minimum absolute atomic E-state index is 0.158. The first-order chi connectivity index (χ1) is 13.2. The summed E-state index contributed by atoms with van der Waals surface area (Å²) in [5, 5.41) is 3.16. The number of nitrogens with zero attached hydrogens (tertiary/aromatic N) is 3. The molecule has 0 saturated carbocycles. The fraction of sp³-hybridized carbons (Fsp3) is 0.143. The molecular weight excluding hydrogens is 341 g/mol. The van der Waals surface area contributed by atoms with Gasteiger partial charge in [0.2, 0.25) is 0 Å². The summed E-state index contributed by atoms with van der Waals surface area (Å²) in [5.41, 5.74) is 12.2. The number of aryl methyl sites for hydroxylation is 1. The minimum Gasteiger partial charge on any atom is -0.370 e. The number of guanidine groups is 1. The van der Waals surface area contributed by atoms with Gasteiger partial charge in [0, 0.05) is 23.6 Å². The van der Waals surface area contributed by atoms with E-state index >= 15 is 0 Å². The lowest BCUT2D eigenvalue weighted by molar-refractivity contribution is 0.624. The van der Waals surface area contributed by atoms with E-state index in [0.29, 0.717) is 5.96 Å². The predicted molar refractivity (Wildman–Crippen MR) is 103 cm³/mol. The van der Waals surface area contributed by atoms with Gasteiger partial charge in [0.15, 0.2) is 5.96 Å². The molecule has 2 aliphatic rings. The normalized spacial score (nSPS) is 18.4. The van der Waals surface area contributed by atoms with Gasteiger partial charge in [0.1, 0.15) is 11.9 Å². The molecule has 3 N–H and O–H groups in total. The highest BCUT2D eigenvalue weighted by atomic mass is 19.1. The first-order valence-corrected chi connectivity index (χ1v) is 8.89. The van der Waals surface area contributed by atoms with Crippen LogP contribution in [0.25, 0.3) is 11.4 Å². The van der Waals surface area contributed by atoms with E-state index in [2.05, 4.69) is 27.4 Å². The molecule has 134 valence electrons. The largest absolute Gasteiger partial charge is 0.370 e. The number of fused-ring (bicyclic) bond motifs is 2. The molecule has 1 atom stereocenters. The molecule has 0 fully saturated rings. The highest BCUT2D eigenvalue weighted by molar-refractivity contribution is 5.92. The van der Waals surface area contributed by atoms with Crippen LogP contribution < -0.4 is 11.1 Å². The molecule has 0 amide bonds. The average molecular weight is 359 g/mol. The van der Waals surface area contributed by atoms with Crippen molar-refractivity contribution in [3.8, 4) is 5.69 Å². The van der Waals surface area contributed by atoms with Crippen LogP contribution in [0.5, 0.6) is 0 Å². The number of hydrogen-bond acceptors (Lipinski definition) is 4. The summed E-state index contributed by atoms with van der Waals surface area (Å²) in [6, 6.07) is 13.0. The number of aliphatic imine (C=N–C) groups is 1. The standard InChI is InChI=1S/C21H18FN5/c22-15-5-1-13-4-8-17-19(25-21(23)26-20(17)18(13)11-15)14-2-6-16(7-3-14)27-10-9-24-12-27/h1-3,5-7,9-12,19H,4,8H2,(H3,23,25,26). The monoisotopic (exact) mass is 359 g/mol. The van der Waals surface area contributed by atoms with Gasteiger partial charge in [0.05, 0.1) is 12.0 Å². The smallest absolute Gasteiger partial charge is 0.194 e. The van der Waals surface area contributed by atoms with Crippen LogP contribution in [0.1, 0.15) is 29.2 Å². The molecule has 2 aromatic carbocycles. The highest BCUT2D eigenvalue weighted by Crippen LogP contribution is 2.40. The van der Waals surface area contributed by atoms with Crippen LogP contribution >= 0.6 is 0 Å². The van der Waals surface area contributed by atoms with Crippen LogP contribution in [0, 0.1) is 5.82 Å². The van der Waals surface area contributed by atoms with Gasteiger partial charge in [-0.2, -0.15) is 0 Å². The van der Waals surface area contributed by atoms with Crippen LogP contribution in [0.15, 0.2) is 71.8 Å². The maximum atomic E-state index is 13.8.